The SMILES string of the molecule is CCn1cc(CCS(=O)(=O)c2ccc3c(c2)OCCO3)cn1. The molecule has 1 aromatic carbocycles. The molecule has 7 heteroatoms. The quantitative estimate of drug-likeness (QED) is 0.838. The lowest BCUT2D eigenvalue weighted by atomic mass is 10.3. The minimum Gasteiger partial charge on any atom is -0.486 e. The molecule has 0 spiro atoms. The molecule has 0 amide bonds. The molecule has 0 atom stereocenters. The highest BCUT2D eigenvalue weighted by molar-refractivity contribution is 7.91. The highest BCUT2D eigenvalue weighted by Crippen LogP contribution is 2.32. The first-order chi connectivity index (χ1) is 10.6. The van der Waals surface area contributed by atoms with Crippen LogP contribution in [-0.2, 0) is 22.8 Å². The molecule has 22 heavy (non-hydrogen) atoms. The third-order valence-corrected chi connectivity index (χ3v) is 5.26. The molecule has 2 heterocycles. The van der Waals surface area contributed by atoms with E-state index < -0.39 is 9.84 Å². The number of nitrogens with zero attached hydrogens (tertiary/aromatic N) is 2. The molecule has 0 unspecified atom stereocenters. The second kappa shape index (κ2) is 6.00. The van der Waals surface area contributed by atoms with Gasteiger partial charge in [-0.15, -0.1) is 0 Å². The molecule has 0 bridgehead atoms. The smallest absolute Gasteiger partial charge is 0.178 e. The molecule has 1 aliphatic rings. The van der Waals surface area contributed by atoms with E-state index in [1.165, 1.54) is 0 Å². The summed E-state index contributed by atoms with van der Waals surface area (Å²) in [4.78, 5) is 0.264. The standard InChI is InChI=1S/C15H18N2O4S/c1-2-17-11-12(10-16-17)5-8-22(18,19)13-3-4-14-15(9-13)21-7-6-20-14/h3-4,9-11H,2,5-8H2,1H3. The van der Waals surface area contributed by atoms with Gasteiger partial charge in [0.25, 0.3) is 0 Å². The molecule has 0 radical (unpaired) electrons. The molecule has 0 saturated carbocycles. The van der Waals surface area contributed by atoms with E-state index in [1.807, 2.05) is 13.1 Å². The van der Waals surface area contributed by atoms with Crippen molar-refractivity contribution in [3.8, 4) is 11.5 Å². The van der Waals surface area contributed by atoms with Crippen LogP contribution in [0.2, 0.25) is 0 Å². The lowest BCUT2D eigenvalue weighted by Crippen LogP contribution is -2.16. The third kappa shape index (κ3) is 3.09. The number of ether oxygens (including phenoxy) is 2. The maximum absolute atomic E-state index is 12.4. The lowest BCUT2D eigenvalue weighted by molar-refractivity contribution is 0.171. The zero-order valence-electron chi connectivity index (χ0n) is 12.4. The van der Waals surface area contributed by atoms with Crippen LogP contribution in [0.3, 0.4) is 0 Å². The zero-order chi connectivity index (χ0) is 15.6. The van der Waals surface area contributed by atoms with Crippen LogP contribution in [0.1, 0.15) is 12.5 Å². The Morgan fingerprint density at radius 2 is 2.00 bits per heavy atom. The van der Waals surface area contributed by atoms with Crippen LogP contribution in [-0.4, -0.2) is 37.2 Å². The minimum absolute atomic E-state index is 0.0437. The Morgan fingerprint density at radius 3 is 2.73 bits per heavy atom. The maximum Gasteiger partial charge on any atom is 0.178 e. The average Bonchev–Trinajstić information content (AvgIpc) is 3.01. The summed E-state index contributed by atoms with van der Waals surface area (Å²) in [6, 6.07) is 4.76. The van der Waals surface area contributed by atoms with Gasteiger partial charge in [-0.3, -0.25) is 4.68 Å². The number of fused-ring (bicyclic) bond motifs is 1. The molecule has 0 aliphatic carbocycles. The van der Waals surface area contributed by atoms with Crippen molar-refractivity contribution in [3.05, 3.63) is 36.2 Å². The van der Waals surface area contributed by atoms with Gasteiger partial charge in [0.2, 0.25) is 0 Å². The largest absolute Gasteiger partial charge is 0.486 e. The van der Waals surface area contributed by atoms with E-state index in [4.69, 9.17) is 9.47 Å². The monoisotopic (exact) mass is 322 g/mol. The zero-order valence-corrected chi connectivity index (χ0v) is 13.2. The summed E-state index contributed by atoms with van der Waals surface area (Å²) in [5.74, 6) is 1.13. The normalized spacial score (nSPS) is 14.0. The van der Waals surface area contributed by atoms with Gasteiger partial charge in [0, 0.05) is 18.8 Å². The number of rotatable bonds is 5. The van der Waals surface area contributed by atoms with Crippen LogP contribution >= 0.6 is 0 Å². The fourth-order valence-corrected chi connectivity index (χ4v) is 3.60. The van der Waals surface area contributed by atoms with E-state index >= 15 is 0 Å². The molecular formula is C15H18N2O4S. The van der Waals surface area contributed by atoms with Crippen molar-refractivity contribution in [2.45, 2.75) is 24.8 Å². The molecule has 1 aliphatic heterocycles. The molecule has 6 nitrogen and oxygen atoms in total. The first-order valence-electron chi connectivity index (χ1n) is 7.22. The second-order valence-corrected chi connectivity index (χ2v) is 7.19. The van der Waals surface area contributed by atoms with Crippen LogP contribution in [0.15, 0.2) is 35.5 Å². The minimum atomic E-state index is -3.36. The third-order valence-electron chi connectivity index (χ3n) is 3.54. The van der Waals surface area contributed by atoms with Crippen molar-refractivity contribution in [2.75, 3.05) is 19.0 Å². The van der Waals surface area contributed by atoms with Crippen LogP contribution in [0.25, 0.3) is 0 Å². The predicted molar refractivity (Wildman–Crippen MR) is 81.1 cm³/mol. The molecular weight excluding hydrogens is 304 g/mol. The number of hydrogen-bond donors (Lipinski definition) is 0. The Labute approximate surface area is 129 Å². The van der Waals surface area contributed by atoms with E-state index in [0.29, 0.717) is 31.1 Å². The van der Waals surface area contributed by atoms with Crippen molar-refractivity contribution in [1.29, 1.82) is 0 Å². The van der Waals surface area contributed by atoms with Gasteiger partial charge in [0.15, 0.2) is 21.3 Å². The number of benzene rings is 1. The maximum atomic E-state index is 12.4. The second-order valence-electron chi connectivity index (χ2n) is 5.08. The summed E-state index contributed by atoms with van der Waals surface area (Å²) in [7, 11) is -3.36. The summed E-state index contributed by atoms with van der Waals surface area (Å²) in [6.45, 7) is 3.69. The predicted octanol–water partition coefficient (Wildman–Crippen LogP) is 1.69. The van der Waals surface area contributed by atoms with Crippen LogP contribution in [0, 0.1) is 0 Å². The summed E-state index contributed by atoms with van der Waals surface area (Å²) in [6.07, 6.45) is 4.03. The highest BCUT2D eigenvalue weighted by atomic mass is 32.2. The molecule has 0 saturated heterocycles. The molecule has 1 aromatic heterocycles. The Kier molecular flexibility index (Phi) is 4.06. The van der Waals surface area contributed by atoms with Crippen molar-refractivity contribution in [3.63, 3.8) is 0 Å². The van der Waals surface area contributed by atoms with Crippen molar-refractivity contribution >= 4 is 9.84 Å². The molecule has 0 fully saturated rings. The lowest BCUT2D eigenvalue weighted by Gasteiger charge is -2.18. The number of sulfone groups is 1. The average molecular weight is 322 g/mol. The van der Waals surface area contributed by atoms with Crippen LogP contribution in [0.4, 0.5) is 0 Å². The van der Waals surface area contributed by atoms with Crippen molar-refractivity contribution in [1.82, 2.24) is 9.78 Å². The first-order valence-corrected chi connectivity index (χ1v) is 8.87. The fraction of sp³-hybridized carbons (Fsp3) is 0.400. The van der Waals surface area contributed by atoms with Gasteiger partial charge in [-0.25, -0.2) is 8.42 Å². The number of aromatic nitrogens is 2. The Hall–Kier alpha value is -2.02. The van der Waals surface area contributed by atoms with Crippen LogP contribution in [0.5, 0.6) is 11.5 Å². The molecule has 118 valence electrons. The summed E-state index contributed by atoms with van der Waals surface area (Å²) in [5, 5.41) is 4.15. The number of hydrogen-bond acceptors (Lipinski definition) is 5. The van der Waals surface area contributed by atoms with E-state index in [0.717, 1.165) is 12.1 Å². The van der Waals surface area contributed by atoms with Crippen molar-refractivity contribution in [2.24, 2.45) is 0 Å². The van der Waals surface area contributed by atoms with Gasteiger partial charge >= 0.3 is 0 Å². The van der Waals surface area contributed by atoms with Gasteiger partial charge in [0.1, 0.15) is 13.2 Å². The molecule has 0 N–H and O–H groups in total. The summed E-state index contributed by atoms with van der Waals surface area (Å²) >= 11 is 0. The number of aryl methyl sites for hydroxylation is 2. The molecule has 3 rings (SSSR count). The van der Waals surface area contributed by atoms with E-state index in [2.05, 4.69) is 5.10 Å². The van der Waals surface area contributed by atoms with Gasteiger partial charge < -0.3 is 9.47 Å². The topological polar surface area (TPSA) is 70.4 Å². The van der Waals surface area contributed by atoms with Gasteiger partial charge in [-0.2, -0.15) is 5.10 Å². The van der Waals surface area contributed by atoms with Crippen LogP contribution < -0.4 is 9.47 Å². The van der Waals surface area contributed by atoms with E-state index in [-0.39, 0.29) is 10.6 Å². The first kappa shape index (κ1) is 14.9. The summed E-state index contributed by atoms with van der Waals surface area (Å²) < 4.78 is 37.5. The van der Waals surface area contributed by atoms with E-state index in [1.54, 1.807) is 29.1 Å². The summed E-state index contributed by atoms with van der Waals surface area (Å²) in [5.41, 5.74) is 0.919. The Balaban J connectivity index is 1.74. The fourth-order valence-electron chi connectivity index (χ4n) is 2.30. The Morgan fingerprint density at radius 1 is 1.23 bits per heavy atom. The Bertz CT molecular complexity index is 768. The van der Waals surface area contributed by atoms with E-state index in [9.17, 15) is 8.42 Å². The van der Waals surface area contributed by atoms with Crippen molar-refractivity contribution < 1.29 is 17.9 Å². The molecule has 2 aromatic rings. The van der Waals surface area contributed by atoms with Gasteiger partial charge in [-0.05, 0) is 31.0 Å². The van der Waals surface area contributed by atoms with Gasteiger partial charge in [-0.1, -0.05) is 0 Å². The highest BCUT2D eigenvalue weighted by Gasteiger charge is 2.19. The van der Waals surface area contributed by atoms with Gasteiger partial charge in [0.05, 0.1) is 16.8 Å².